The molecule has 3 aromatic carbocycles. The zero-order chi connectivity index (χ0) is 21.9. The molecule has 0 fully saturated rings. The van der Waals surface area contributed by atoms with Crippen molar-refractivity contribution in [2.75, 3.05) is 0 Å². The van der Waals surface area contributed by atoms with Gasteiger partial charge in [-0.1, -0.05) is 72.8 Å². The number of carbonyl (C=O) groups is 2. The fraction of sp³-hybridized carbons (Fsp3) is 0.231. The van der Waals surface area contributed by atoms with Crippen LogP contribution in [0.3, 0.4) is 0 Å². The molecule has 3 rings (SSSR count). The normalized spacial score (nSPS) is 11.4. The zero-order valence-electron chi connectivity index (χ0n) is 17.7. The third-order valence-corrected chi connectivity index (χ3v) is 4.89. The molecule has 0 saturated carbocycles. The lowest BCUT2D eigenvalue weighted by Gasteiger charge is -2.14. The molecule has 2 N–H and O–H groups in total. The van der Waals surface area contributed by atoms with Crippen molar-refractivity contribution in [2.45, 2.75) is 39.0 Å². The van der Waals surface area contributed by atoms with Gasteiger partial charge in [0.15, 0.2) is 0 Å². The van der Waals surface area contributed by atoms with Crippen LogP contribution in [0.1, 0.15) is 30.0 Å². The molecule has 0 heterocycles. The van der Waals surface area contributed by atoms with Gasteiger partial charge in [0.05, 0.1) is 0 Å². The highest BCUT2D eigenvalue weighted by atomic mass is 16.5. The van der Waals surface area contributed by atoms with Crippen molar-refractivity contribution in [2.24, 2.45) is 0 Å². The predicted molar refractivity (Wildman–Crippen MR) is 121 cm³/mol. The van der Waals surface area contributed by atoms with Gasteiger partial charge in [-0.2, -0.15) is 0 Å². The van der Waals surface area contributed by atoms with Crippen LogP contribution in [0.15, 0.2) is 84.9 Å². The molecule has 0 aliphatic heterocycles. The Kier molecular flexibility index (Phi) is 8.23. The molecular formula is C26H28N2O3. The molecule has 0 saturated heterocycles. The van der Waals surface area contributed by atoms with Crippen molar-refractivity contribution in [1.29, 1.82) is 0 Å². The van der Waals surface area contributed by atoms with Crippen LogP contribution >= 0.6 is 0 Å². The minimum Gasteiger partial charge on any atom is -0.489 e. The maximum absolute atomic E-state index is 12.2. The van der Waals surface area contributed by atoms with E-state index in [-0.39, 0.29) is 11.8 Å². The van der Waals surface area contributed by atoms with Crippen LogP contribution in [0, 0.1) is 0 Å². The minimum absolute atomic E-state index is 0.147. The molecule has 0 aromatic heterocycles. The molecule has 0 aliphatic rings. The number of carbonyl (C=O) groups excluding carboxylic acids is 2. The van der Waals surface area contributed by atoms with Crippen molar-refractivity contribution in [3.05, 3.63) is 102 Å². The van der Waals surface area contributed by atoms with Crippen molar-refractivity contribution >= 4 is 11.8 Å². The van der Waals surface area contributed by atoms with Crippen LogP contribution in [0.5, 0.6) is 5.75 Å². The quantitative estimate of drug-likeness (QED) is 0.525. The highest BCUT2D eigenvalue weighted by Crippen LogP contribution is 2.15. The summed E-state index contributed by atoms with van der Waals surface area (Å²) in [6, 6.07) is 26.8. The van der Waals surface area contributed by atoms with Gasteiger partial charge in [-0.3, -0.25) is 9.59 Å². The molecular weight excluding hydrogens is 388 g/mol. The second kappa shape index (κ2) is 11.6. The van der Waals surface area contributed by atoms with Crippen LogP contribution in [-0.2, 0) is 29.2 Å². The Morgan fingerprint density at radius 2 is 1.42 bits per heavy atom. The van der Waals surface area contributed by atoms with E-state index in [1.165, 1.54) is 0 Å². The van der Waals surface area contributed by atoms with E-state index in [4.69, 9.17) is 4.74 Å². The molecule has 5 nitrogen and oxygen atoms in total. The summed E-state index contributed by atoms with van der Waals surface area (Å²) in [5, 5.41) is 5.60. The number of amides is 2. The van der Waals surface area contributed by atoms with Crippen LogP contribution in [0.25, 0.3) is 0 Å². The Hall–Kier alpha value is -3.60. The number of benzene rings is 3. The molecule has 1 atom stereocenters. The monoisotopic (exact) mass is 416 g/mol. The lowest BCUT2D eigenvalue weighted by Crippen LogP contribution is -2.44. The summed E-state index contributed by atoms with van der Waals surface area (Å²) in [4.78, 5) is 24.4. The summed E-state index contributed by atoms with van der Waals surface area (Å²) >= 11 is 0. The first kappa shape index (κ1) is 22.1. The van der Waals surface area contributed by atoms with Gasteiger partial charge in [0.2, 0.25) is 11.8 Å². The first-order valence-corrected chi connectivity index (χ1v) is 10.5. The summed E-state index contributed by atoms with van der Waals surface area (Å²) in [5.74, 6) is 0.449. The first-order chi connectivity index (χ1) is 15.1. The van der Waals surface area contributed by atoms with E-state index in [0.29, 0.717) is 26.0 Å². The largest absolute Gasteiger partial charge is 0.489 e. The first-order valence-electron chi connectivity index (χ1n) is 10.5. The van der Waals surface area contributed by atoms with E-state index in [0.717, 1.165) is 22.4 Å². The fourth-order valence-electron chi connectivity index (χ4n) is 3.07. The van der Waals surface area contributed by atoms with Gasteiger partial charge in [-0.15, -0.1) is 0 Å². The van der Waals surface area contributed by atoms with Crippen LogP contribution in [0.2, 0.25) is 0 Å². The van der Waals surface area contributed by atoms with Crippen LogP contribution < -0.4 is 15.4 Å². The van der Waals surface area contributed by atoms with Gasteiger partial charge in [-0.25, -0.2) is 0 Å². The summed E-state index contributed by atoms with van der Waals surface area (Å²) in [6.07, 6.45) is 0.920. The number of aryl methyl sites for hydroxylation is 1. The van der Waals surface area contributed by atoms with E-state index in [1.54, 1.807) is 6.92 Å². The van der Waals surface area contributed by atoms with Gasteiger partial charge in [0, 0.05) is 13.0 Å². The summed E-state index contributed by atoms with van der Waals surface area (Å²) in [6.45, 7) is 2.66. The van der Waals surface area contributed by atoms with E-state index < -0.39 is 6.04 Å². The van der Waals surface area contributed by atoms with E-state index in [1.807, 2.05) is 84.9 Å². The molecule has 5 heteroatoms. The second-order valence-electron chi connectivity index (χ2n) is 7.41. The molecule has 0 radical (unpaired) electrons. The highest BCUT2D eigenvalue weighted by molar-refractivity contribution is 5.87. The molecule has 2 amide bonds. The average Bonchev–Trinajstić information content (AvgIpc) is 2.82. The Morgan fingerprint density at radius 3 is 2.06 bits per heavy atom. The van der Waals surface area contributed by atoms with E-state index in [9.17, 15) is 9.59 Å². The number of hydrogen-bond donors (Lipinski definition) is 2. The number of ether oxygens (including phenoxy) is 1. The van der Waals surface area contributed by atoms with E-state index >= 15 is 0 Å². The third kappa shape index (κ3) is 7.63. The SMILES string of the molecule is CC(NC(=O)CCc1ccc(OCc2ccccc2)cc1)C(=O)NCc1ccccc1. The Bertz CT molecular complexity index is 957. The maximum Gasteiger partial charge on any atom is 0.242 e. The number of hydrogen-bond acceptors (Lipinski definition) is 3. The summed E-state index contributed by atoms with van der Waals surface area (Å²) < 4.78 is 5.78. The van der Waals surface area contributed by atoms with Crippen molar-refractivity contribution < 1.29 is 14.3 Å². The predicted octanol–water partition coefficient (Wildman–Crippen LogP) is 4.02. The minimum atomic E-state index is -0.579. The molecule has 31 heavy (non-hydrogen) atoms. The Morgan fingerprint density at radius 1 is 0.806 bits per heavy atom. The standard InChI is InChI=1S/C26H28N2O3/c1-20(26(30)27-18-22-8-4-2-5-9-22)28-25(29)17-14-21-12-15-24(16-13-21)31-19-23-10-6-3-7-11-23/h2-13,15-16,20H,14,17-19H2,1H3,(H,27,30)(H,28,29). The van der Waals surface area contributed by atoms with E-state index in [2.05, 4.69) is 10.6 Å². The summed E-state index contributed by atoms with van der Waals surface area (Å²) in [7, 11) is 0. The van der Waals surface area contributed by atoms with Gasteiger partial charge >= 0.3 is 0 Å². The van der Waals surface area contributed by atoms with Gasteiger partial charge in [-0.05, 0) is 42.2 Å². The lowest BCUT2D eigenvalue weighted by molar-refractivity contribution is -0.128. The second-order valence-corrected chi connectivity index (χ2v) is 7.41. The Labute approximate surface area is 183 Å². The molecule has 3 aromatic rings. The average molecular weight is 417 g/mol. The van der Waals surface area contributed by atoms with Gasteiger partial charge in [0.25, 0.3) is 0 Å². The highest BCUT2D eigenvalue weighted by Gasteiger charge is 2.15. The van der Waals surface area contributed by atoms with Crippen LogP contribution in [0.4, 0.5) is 0 Å². The number of rotatable bonds is 10. The smallest absolute Gasteiger partial charge is 0.242 e. The van der Waals surface area contributed by atoms with Gasteiger partial charge in [0.1, 0.15) is 18.4 Å². The maximum atomic E-state index is 12.2. The fourth-order valence-corrected chi connectivity index (χ4v) is 3.07. The lowest BCUT2D eigenvalue weighted by atomic mass is 10.1. The van der Waals surface area contributed by atoms with Crippen molar-refractivity contribution in [3.8, 4) is 5.75 Å². The zero-order valence-corrected chi connectivity index (χ0v) is 17.7. The molecule has 160 valence electrons. The molecule has 0 aliphatic carbocycles. The molecule has 0 spiro atoms. The van der Waals surface area contributed by atoms with Crippen LogP contribution in [-0.4, -0.2) is 17.9 Å². The van der Waals surface area contributed by atoms with Crippen molar-refractivity contribution in [3.63, 3.8) is 0 Å². The van der Waals surface area contributed by atoms with Gasteiger partial charge < -0.3 is 15.4 Å². The molecule has 1 unspecified atom stereocenters. The Balaban J connectivity index is 1.37. The molecule has 0 bridgehead atoms. The third-order valence-electron chi connectivity index (χ3n) is 4.89. The topological polar surface area (TPSA) is 67.4 Å². The van der Waals surface area contributed by atoms with Crippen molar-refractivity contribution in [1.82, 2.24) is 10.6 Å². The summed E-state index contributed by atoms with van der Waals surface area (Å²) in [5.41, 5.74) is 3.18. The number of nitrogens with one attached hydrogen (secondary N) is 2.